The summed E-state index contributed by atoms with van der Waals surface area (Å²) in [5.74, 6) is 1.50. The maximum Gasteiger partial charge on any atom is 0.222 e. The van der Waals surface area contributed by atoms with Crippen molar-refractivity contribution in [2.24, 2.45) is 0 Å². The summed E-state index contributed by atoms with van der Waals surface area (Å²) in [6.45, 7) is 10.2. The highest BCUT2D eigenvalue weighted by atomic mass is 16.5. The van der Waals surface area contributed by atoms with Gasteiger partial charge in [-0.3, -0.25) is 0 Å². The predicted molar refractivity (Wildman–Crippen MR) is 72.2 cm³/mol. The number of hydrogen-bond acceptors (Lipinski definition) is 5. The van der Waals surface area contributed by atoms with Gasteiger partial charge in [-0.15, -0.1) is 0 Å². The van der Waals surface area contributed by atoms with E-state index in [1.54, 1.807) is 0 Å². The molecule has 0 aromatic carbocycles. The zero-order valence-corrected chi connectivity index (χ0v) is 11.7. The molecule has 1 aromatic heterocycles. The molecule has 1 heterocycles. The molecule has 0 bridgehead atoms. The number of hydrogen-bond donors (Lipinski definition) is 1. The number of nitrogens with one attached hydrogen (secondary N) is 1. The summed E-state index contributed by atoms with van der Waals surface area (Å²) in [5.41, 5.74) is 1.02. The van der Waals surface area contributed by atoms with Crippen LogP contribution in [0.2, 0.25) is 0 Å². The molecule has 0 fully saturated rings. The van der Waals surface area contributed by atoms with E-state index in [4.69, 9.17) is 9.47 Å². The van der Waals surface area contributed by atoms with Gasteiger partial charge in [0.05, 0.1) is 12.2 Å². The van der Waals surface area contributed by atoms with Gasteiger partial charge in [0, 0.05) is 13.2 Å². The summed E-state index contributed by atoms with van der Waals surface area (Å²) < 4.78 is 11.1. The van der Waals surface area contributed by atoms with Crippen LogP contribution in [0.5, 0.6) is 5.88 Å². The zero-order chi connectivity index (χ0) is 13.4. The molecule has 102 valence electrons. The van der Waals surface area contributed by atoms with Crippen LogP contribution in [0.4, 0.5) is 5.82 Å². The van der Waals surface area contributed by atoms with Gasteiger partial charge in [0.1, 0.15) is 18.2 Å². The minimum Gasteiger partial charge on any atom is -0.472 e. The Kier molecular flexibility index (Phi) is 6.43. The Morgan fingerprint density at radius 2 is 2.06 bits per heavy atom. The smallest absolute Gasteiger partial charge is 0.222 e. The van der Waals surface area contributed by atoms with Gasteiger partial charge < -0.3 is 14.8 Å². The van der Waals surface area contributed by atoms with E-state index in [0.717, 1.165) is 24.3 Å². The Morgan fingerprint density at radius 1 is 1.28 bits per heavy atom. The monoisotopic (exact) mass is 253 g/mol. The van der Waals surface area contributed by atoms with Crippen molar-refractivity contribution in [2.75, 3.05) is 25.1 Å². The molecule has 0 amide bonds. The highest BCUT2D eigenvalue weighted by molar-refractivity contribution is 5.48. The molecule has 1 atom stereocenters. The Labute approximate surface area is 109 Å². The fourth-order valence-electron chi connectivity index (χ4n) is 1.64. The molecular formula is C13H23N3O2. The molecule has 0 saturated heterocycles. The summed E-state index contributed by atoms with van der Waals surface area (Å²) in [4.78, 5) is 8.45. The fraction of sp³-hybridized carbons (Fsp3) is 0.692. The van der Waals surface area contributed by atoms with Crippen molar-refractivity contribution in [3.63, 3.8) is 0 Å². The topological polar surface area (TPSA) is 56.3 Å². The molecule has 0 aliphatic carbocycles. The van der Waals surface area contributed by atoms with Crippen LogP contribution in [0, 0.1) is 0 Å². The summed E-state index contributed by atoms with van der Waals surface area (Å²) in [6.07, 6.45) is 2.35. The minimum absolute atomic E-state index is 0.0142. The highest BCUT2D eigenvalue weighted by Crippen LogP contribution is 2.23. The molecule has 1 N–H and O–H groups in total. The van der Waals surface area contributed by atoms with E-state index < -0.39 is 0 Å². The lowest BCUT2D eigenvalue weighted by molar-refractivity contribution is 0.0628. The largest absolute Gasteiger partial charge is 0.472 e. The SMILES string of the molecule is CCNc1ncnc(OC(C)COCC)c1CC. The van der Waals surface area contributed by atoms with Crippen molar-refractivity contribution in [3.8, 4) is 5.88 Å². The van der Waals surface area contributed by atoms with Crippen molar-refractivity contribution in [2.45, 2.75) is 40.2 Å². The Morgan fingerprint density at radius 3 is 2.67 bits per heavy atom. The van der Waals surface area contributed by atoms with Gasteiger partial charge in [0.15, 0.2) is 0 Å². The first-order chi connectivity index (χ1) is 8.72. The van der Waals surface area contributed by atoms with E-state index >= 15 is 0 Å². The lowest BCUT2D eigenvalue weighted by Gasteiger charge is -2.17. The molecule has 1 unspecified atom stereocenters. The van der Waals surface area contributed by atoms with Crippen LogP contribution in [0.15, 0.2) is 6.33 Å². The third kappa shape index (κ3) is 4.14. The van der Waals surface area contributed by atoms with Crippen molar-refractivity contribution < 1.29 is 9.47 Å². The van der Waals surface area contributed by atoms with E-state index in [0.29, 0.717) is 19.1 Å². The van der Waals surface area contributed by atoms with Gasteiger partial charge >= 0.3 is 0 Å². The van der Waals surface area contributed by atoms with Crippen molar-refractivity contribution in [1.29, 1.82) is 0 Å². The lowest BCUT2D eigenvalue weighted by Crippen LogP contribution is -2.21. The van der Waals surface area contributed by atoms with Gasteiger partial charge in [-0.05, 0) is 27.2 Å². The third-order valence-corrected chi connectivity index (χ3v) is 2.47. The molecule has 0 radical (unpaired) electrons. The van der Waals surface area contributed by atoms with Crippen LogP contribution >= 0.6 is 0 Å². The number of anilines is 1. The number of ether oxygens (including phenoxy) is 2. The van der Waals surface area contributed by atoms with E-state index in [1.165, 1.54) is 6.33 Å². The minimum atomic E-state index is -0.0142. The average molecular weight is 253 g/mol. The van der Waals surface area contributed by atoms with Crippen LogP contribution in [0.25, 0.3) is 0 Å². The van der Waals surface area contributed by atoms with Crippen LogP contribution in [-0.4, -0.2) is 35.8 Å². The fourth-order valence-corrected chi connectivity index (χ4v) is 1.64. The maximum atomic E-state index is 5.81. The first-order valence-electron chi connectivity index (χ1n) is 6.54. The molecule has 0 saturated carbocycles. The van der Waals surface area contributed by atoms with Crippen molar-refractivity contribution >= 4 is 5.82 Å². The molecule has 0 aliphatic heterocycles. The Bertz CT molecular complexity index is 358. The molecule has 5 heteroatoms. The normalized spacial score (nSPS) is 12.2. The Hall–Kier alpha value is -1.36. The van der Waals surface area contributed by atoms with Crippen LogP contribution in [-0.2, 0) is 11.2 Å². The van der Waals surface area contributed by atoms with Crippen LogP contribution in [0.1, 0.15) is 33.3 Å². The molecule has 0 aliphatic rings. The maximum absolute atomic E-state index is 5.81. The third-order valence-electron chi connectivity index (χ3n) is 2.47. The quantitative estimate of drug-likeness (QED) is 0.770. The van der Waals surface area contributed by atoms with Gasteiger partial charge in [0.25, 0.3) is 0 Å². The van der Waals surface area contributed by atoms with Crippen LogP contribution in [0.3, 0.4) is 0 Å². The molecule has 1 aromatic rings. The molecule has 18 heavy (non-hydrogen) atoms. The molecular weight excluding hydrogens is 230 g/mol. The van der Waals surface area contributed by atoms with Gasteiger partial charge in [0.2, 0.25) is 5.88 Å². The second-order valence-electron chi connectivity index (χ2n) is 3.98. The molecule has 1 rings (SSSR count). The van der Waals surface area contributed by atoms with Gasteiger partial charge in [-0.1, -0.05) is 6.92 Å². The summed E-state index contributed by atoms with van der Waals surface area (Å²) >= 11 is 0. The van der Waals surface area contributed by atoms with Crippen LogP contribution < -0.4 is 10.1 Å². The number of rotatable bonds is 8. The Balaban J connectivity index is 2.77. The van der Waals surface area contributed by atoms with Gasteiger partial charge in [-0.2, -0.15) is 0 Å². The number of nitrogens with zero attached hydrogens (tertiary/aromatic N) is 2. The first-order valence-corrected chi connectivity index (χ1v) is 6.54. The second-order valence-corrected chi connectivity index (χ2v) is 3.98. The molecule has 5 nitrogen and oxygen atoms in total. The predicted octanol–water partition coefficient (Wildman–Crippen LogP) is 2.27. The van der Waals surface area contributed by atoms with E-state index in [2.05, 4.69) is 22.2 Å². The number of aromatic nitrogens is 2. The van der Waals surface area contributed by atoms with E-state index in [1.807, 2.05) is 20.8 Å². The average Bonchev–Trinajstić information content (AvgIpc) is 2.37. The van der Waals surface area contributed by atoms with Crippen molar-refractivity contribution in [1.82, 2.24) is 9.97 Å². The summed E-state index contributed by atoms with van der Waals surface area (Å²) in [7, 11) is 0. The zero-order valence-electron chi connectivity index (χ0n) is 11.7. The van der Waals surface area contributed by atoms with Crippen molar-refractivity contribution in [3.05, 3.63) is 11.9 Å². The lowest BCUT2D eigenvalue weighted by atomic mass is 10.2. The summed E-state index contributed by atoms with van der Waals surface area (Å²) in [6, 6.07) is 0. The first kappa shape index (κ1) is 14.7. The van der Waals surface area contributed by atoms with E-state index in [-0.39, 0.29) is 6.10 Å². The van der Waals surface area contributed by atoms with E-state index in [9.17, 15) is 0 Å². The standard InChI is InChI=1S/C13H23N3O2/c1-5-11-12(14-6-2)15-9-16-13(11)18-10(4)8-17-7-3/h9-10H,5-8H2,1-4H3,(H,14,15,16). The highest BCUT2D eigenvalue weighted by Gasteiger charge is 2.13. The molecule has 0 spiro atoms. The summed E-state index contributed by atoms with van der Waals surface area (Å²) in [5, 5.41) is 3.22. The van der Waals surface area contributed by atoms with Gasteiger partial charge in [-0.25, -0.2) is 9.97 Å². The second kappa shape index (κ2) is 7.87.